The smallest absolute Gasteiger partial charge is 0.124 e. The van der Waals surface area contributed by atoms with Gasteiger partial charge in [-0.2, -0.15) is 0 Å². The van der Waals surface area contributed by atoms with Gasteiger partial charge in [0.15, 0.2) is 0 Å². The first kappa shape index (κ1) is 23.0. The number of ether oxygens (including phenoxy) is 1. The largest absolute Gasteiger partial charge is 0.494 e. The molecule has 0 aromatic heterocycles. The summed E-state index contributed by atoms with van der Waals surface area (Å²) < 4.78 is 6.05. The Bertz CT molecular complexity index is 660. The monoisotopic (exact) mass is 398 g/mol. The Morgan fingerprint density at radius 3 is 2.46 bits per heavy atom. The Morgan fingerprint density at radius 1 is 1.04 bits per heavy atom. The number of benzene rings is 2. The predicted octanol–water partition coefficient (Wildman–Crippen LogP) is 5.22. The highest BCUT2D eigenvalue weighted by atomic mass is 35.5. The second-order valence-electron chi connectivity index (χ2n) is 6.58. The van der Waals surface area contributed by atoms with Crippen LogP contribution in [0.4, 0.5) is 0 Å². The zero-order valence-corrected chi connectivity index (χ0v) is 17.5. The molecule has 1 atom stereocenters. The van der Waals surface area contributed by atoms with E-state index in [-0.39, 0.29) is 24.8 Å². The Kier molecular flexibility index (Phi) is 10.3. The molecule has 1 aliphatic heterocycles. The van der Waals surface area contributed by atoms with E-state index >= 15 is 0 Å². The Balaban J connectivity index is 0.00000169. The summed E-state index contributed by atoms with van der Waals surface area (Å²) in [5.41, 5.74) is 1.39. The third-order valence-electron chi connectivity index (χ3n) is 4.99. The summed E-state index contributed by atoms with van der Waals surface area (Å²) in [6, 6.07) is 13.5. The van der Waals surface area contributed by atoms with Crippen LogP contribution in [-0.4, -0.2) is 37.7 Å². The summed E-state index contributed by atoms with van der Waals surface area (Å²) in [5.74, 6) is 1.07. The van der Waals surface area contributed by atoms with E-state index in [2.05, 4.69) is 60.5 Å². The van der Waals surface area contributed by atoms with Gasteiger partial charge in [-0.15, -0.1) is 24.8 Å². The first-order chi connectivity index (χ1) is 11.8. The van der Waals surface area contributed by atoms with Gasteiger partial charge in [0.2, 0.25) is 0 Å². The van der Waals surface area contributed by atoms with Crippen LogP contribution in [-0.2, 0) is 0 Å². The van der Waals surface area contributed by atoms with Gasteiger partial charge in [-0.1, -0.05) is 50.1 Å². The van der Waals surface area contributed by atoms with Crippen LogP contribution in [0.1, 0.15) is 44.7 Å². The lowest BCUT2D eigenvalue weighted by Crippen LogP contribution is -2.45. The zero-order valence-electron chi connectivity index (χ0n) is 15.9. The van der Waals surface area contributed by atoms with Crippen molar-refractivity contribution in [2.75, 3.05) is 32.8 Å². The molecule has 0 aliphatic carbocycles. The number of hydrogen-bond donors (Lipinski definition) is 1. The maximum absolute atomic E-state index is 6.05. The second kappa shape index (κ2) is 11.7. The first-order valence-electron chi connectivity index (χ1n) is 9.44. The fourth-order valence-electron chi connectivity index (χ4n) is 3.80. The van der Waals surface area contributed by atoms with Crippen molar-refractivity contribution in [2.24, 2.45) is 0 Å². The van der Waals surface area contributed by atoms with Crippen LogP contribution in [0, 0.1) is 0 Å². The summed E-state index contributed by atoms with van der Waals surface area (Å²) in [6.45, 7) is 9.46. The van der Waals surface area contributed by atoms with Crippen LogP contribution in [0.25, 0.3) is 10.8 Å². The van der Waals surface area contributed by atoms with Crippen molar-refractivity contribution in [1.29, 1.82) is 0 Å². The van der Waals surface area contributed by atoms with Gasteiger partial charge in [0.25, 0.3) is 0 Å². The lowest BCUT2D eigenvalue weighted by molar-refractivity contribution is 0.160. The molecule has 0 saturated carbocycles. The summed E-state index contributed by atoms with van der Waals surface area (Å²) >= 11 is 0. The minimum absolute atomic E-state index is 0. The standard InChI is InChI=1S/C21H30N2O.2ClH/c1-3-5-10-19(23-15-13-22-14-16-23)21-18-9-7-6-8-17(18)11-12-20(21)24-4-2;;/h6-9,11-12,19,22H,3-5,10,13-16H2,1-2H3;2*1H/t19-;;/m1../s1. The molecule has 0 bridgehead atoms. The van der Waals surface area contributed by atoms with Gasteiger partial charge >= 0.3 is 0 Å². The zero-order chi connectivity index (χ0) is 16.8. The Hall–Kier alpha value is -1.00. The van der Waals surface area contributed by atoms with Crippen LogP contribution < -0.4 is 10.1 Å². The van der Waals surface area contributed by atoms with Crippen LogP contribution in [0.15, 0.2) is 36.4 Å². The fraction of sp³-hybridized carbons (Fsp3) is 0.524. The van der Waals surface area contributed by atoms with E-state index in [1.807, 2.05) is 0 Å². The molecule has 3 nitrogen and oxygen atoms in total. The molecule has 146 valence electrons. The van der Waals surface area contributed by atoms with E-state index < -0.39 is 0 Å². The molecule has 2 aromatic carbocycles. The van der Waals surface area contributed by atoms with E-state index in [9.17, 15) is 0 Å². The summed E-state index contributed by atoms with van der Waals surface area (Å²) in [5, 5.41) is 6.14. The van der Waals surface area contributed by atoms with Crippen LogP contribution in [0.2, 0.25) is 0 Å². The van der Waals surface area contributed by atoms with Gasteiger partial charge in [-0.3, -0.25) is 4.90 Å². The van der Waals surface area contributed by atoms with Gasteiger partial charge in [0.1, 0.15) is 5.75 Å². The normalized spacial score (nSPS) is 15.8. The lowest BCUT2D eigenvalue weighted by Gasteiger charge is -2.36. The molecule has 3 rings (SSSR count). The van der Waals surface area contributed by atoms with E-state index in [1.165, 1.54) is 35.6 Å². The molecular formula is C21H32Cl2N2O. The molecule has 0 radical (unpaired) electrons. The van der Waals surface area contributed by atoms with Crippen molar-refractivity contribution in [1.82, 2.24) is 10.2 Å². The van der Waals surface area contributed by atoms with Gasteiger partial charge in [-0.05, 0) is 30.2 Å². The van der Waals surface area contributed by atoms with Crippen molar-refractivity contribution in [2.45, 2.75) is 39.2 Å². The molecule has 26 heavy (non-hydrogen) atoms. The van der Waals surface area contributed by atoms with E-state index in [0.29, 0.717) is 12.6 Å². The molecule has 1 saturated heterocycles. The number of fused-ring (bicyclic) bond motifs is 1. The number of rotatable bonds is 7. The van der Waals surface area contributed by atoms with Crippen LogP contribution >= 0.6 is 24.8 Å². The molecule has 2 aromatic rings. The minimum Gasteiger partial charge on any atom is -0.494 e. The molecule has 1 N–H and O–H groups in total. The van der Waals surface area contributed by atoms with Gasteiger partial charge in [0, 0.05) is 37.8 Å². The predicted molar refractivity (Wildman–Crippen MR) is 116 cm³/mol. The molecule has 1 fully saturated rings. The van der Waals surface area contributed by atoms with Crippen molar-refractivity contribution >= 4 is 35.6 Å². The van der Waals surface area contributed by atoms with Crippen LogP contribution in [0.5, 0.6) is 5.75 Å². The maximum Gasteiger partial charge on any atom is 0.124 e. The number of nitrogens with one attached hydrogen (secondary N) is 1. The molecule has 0 amide bonds. The lowest BCUT2D eigenvalue weighted by atomic mass is 9.92. The van der Waals surface area contributed by atoms with Gasteiger partial charge in [-0.25, -0.2) is 0 Å². The topological polar surface area (TPSA) is 24.5 Å². The number of unbranched alkanes of at least 4 members (excludes halogenated alkanes) is 1. The van der Waals surface area contributed by atoms with Crippen LogP contribution in [0.3, 0.4) is 0 Å². The van der Waals surface area contributed by atoms with E-state index in [0.717, 1.165) is 31.9 Å². The highest BCUT2D eigenvalue weighted by molar-refractivity contribution is 5.88. The summed E-state index contributed by atoms with van der Waals surface area (Å²) in [6.07, 6.45) is 3.69. The number of hydrogen-bond acceptors (Lipinski definition) is 3. The molecule has 0 unspecified atom stereocenters. The molecule has 0 spiro atoms. The average Bonchev–Trinajstić information content (AvgIpc) is 2.64. The highest BCUT2D eigenvalue weighted by Crippen LogP contribution is 2.38. The van der Waals surface area contributed by atoms with Gasteiger partial charge < -0.3 is 10.1 Å². The first-order valence-corrected chi connectivity index (χ1v) is 9.44. The summed E-state index contributed by atoms with van der Waals surface area (Å²) in [4.78, 5) is 2.65. The maximum atomic E-state index is 6.05. The second-order valence-corrected chi connectivity index (χ2v) is 6.58. The van der Waals surface area contributed by atoms with Crippen molar-refractivity contribution in [3.63, 3.8) is 0 Å². The molecule has 5 heteroatoms. The van der Waals surface area contributed by atoms with Crippen molar-refractivity contribution < 1.29 is 4.74 Å². The van der Waals surface area contributed by atoms with Crippen molar-refractivity contribution in [3.8, 4) is 5.75 Å². The Morgan fingerprint density at radius 2 is 1.77 bits per heavy atom. The van der Waals surface area contributed by atoms with E-state index in [4.69, 9.17) is 4.74 Å². The molecule has 1 heterocycles. The third-order valence-corrected chi connectivity index (χ3v) is 4.99. The SMILES string of the molecule is CCCC[C@H](c1c(OCC)ccc2ccccc12)N1CCNCC1.Cl.Cl. The Labute approximate surface area is 170 Å². The molecule has 1 aliphatic rings. The van der Waals surface area contributed by atoms with E-state index in [1.54, 1.807) is 0 Å². The number of halogens is 2. The fourth-order valence-corrected chi connectivity index (χ4v) is 3.80. The van der Waals surface area contributed by atoms with Crippen molar-refractivity contribution in [3.05, 3.63) is 42.0 Å². The third kappa shape index (κ3) is 5.26. The average molecular weight is 399 g/mol. The number of nitrogens with zero attached hydrogens (tertiary/aromatic N) is 1. The summed E-state index contributed by atoms with van der Waals surface area (Å²) in [7, 11) is 0. The minimum atomic E-state index is 0. The highest BCUT2D eigenvalue weighted by Gasteiger charge is 2.26. The number of piperazine rings is 1. The molecular weight excluding hydrogens is 367 g/mol. The van der Waals surface area contributed by atoms with Gasteiger partial charge in [0.05, 0.1) is 6.61 Å². The quantitative estimate of drug-likeness (QED) is 0.691.